The molecule has 0 amide bonds. The van der Waals surface area contributed by atoms with Gasteiger partial charge in [-0.3, -0.25) is 4.99 Å². The van der Waals surface area contributed by atoms with Crippen molar-refractivity contribution in [2.45, 2.75) is 38.0 Å². The molecule has 2 saturated heterocycles. The molecule has 1 aromatic carbocycles. The lowest BCUT2D eigenvalue weighted by Gasteiger charge is -2.46. The molecular formula is C21H31N3O2. The highest BCUT2D eigenvalue weighted by Gasteiger charge is 2.38. The molecule has 5 heteroatoms. The van der Waals surface area contributed by atoms with E-state index in [1.807, 2.05) is 13.1 Å². The Morgan fingerprint density at radius 3 is 3.00 bits per heavy atom. The molecule has 26 heavy (non-hydrogen) atoms. The first-order chi connectivity index (χ1) is 12.8. The van der Waals surface area contributed by atoms with Gasteiger partial charge in [0.1, 0.15) is 5.75 Å². The number of para-hydroxylation sites is 1. The van der Waals surface area contributed by atoms with Crippen LogP contribution in [0.4, 0.5) is 0 Å². The highest BCUT2D eigenvalue weighted by Crippen LogP contribution is 2.37. The average Bonchev–Trinajstić information content (AvgIpc) is 2.69. The number of rotatable bonds is 2. The van der Waals surface area contributed by atoms with E-state index in [1.54, 1.807) is 0 Å². The van der Waals surface area contributed by atoms with Crippen molar-refractivity contribution >= 4 is 5.96 Å². The zero-order valence-electron chi connectivity index (χ0n) is 15.9. The summed E-state index contributed by atoms with van der Waals surface area (Å²) in [5.41, 5.74) is 1.65. The molecule has 1 N–H and O–H groups in total. The zero-order chi connectivity index (χ0) is 17.8. The second kappa shape index (κ2) is 7.87. The number of benzene rings is 1. The lowest BCUT2D eigenvalue weighted by molar-refractivity contribution is -0.0370. The number of nitrogens with one attached hydrogen (secondary N) is 1. The van der Waals surface area contributed by atoms with Gasteiger partial charge in [0.05, 0.1) is 13.2 Å². The molecule has 0 radical (unpaired) electrons. The average molecular weight is 357 g/mol. The molecule has 5 nitrogen and oxygen atoms in total. The van der Waals surface area contributed by atoms with Gasteiger partial charge in [-0.2, -0.15) is 0 Å². The number of nitrogens with zero attached hydrogens (tertiary/aromatic N) is 2. The minimum Gasteiger partial charge on any atom is -0.493 e. The second-order valence-corrected chi connectivity index (χ2v) is 7.98. The Morgan fingerprint density at radius 2 is 2.15 bits per heavy atom. The Labute approximate surface area is 156 Å². The Kier molecular flexibility index (Phi) is 5.34. The van der Waals surface area contributed by atoms with Crippen molar-refractivity contribution in [2.75, 3.05) is 46.5 Å². The van der Waals surface area contributed by atoms with Crippen LogP contribution in [0.15, 0.2) is 29.3 Å². The summed E-state index contributed by atoms with van der Waals surface area (Å²) >= 11 is 0. The van der Waals surface area contributed by atoms with Gasteiger partial charge in [-0.1, -0.05) is 18.2 Å². The number of aliphatic imine (C=N–C) groups is 1. The van der Waals surface area contributed by atoms with E-state index in [0.717, 1.165) is 57.6 Å². The van der Waals surface area contributed by atoms with E-state index in [1.165, 1.54) is 31.2 Å². The van der Waals surface area contributed by atoms with E-state index in [9.17, 15) is 0 Å². The van der Waals surface area contributed by atoms with Crippen LogP contribution in [-0.2, 0) is 4.74 Å². The van der Waals surface area contributed by atoms with Crippen LogP contribution in [0, 0.1) is 5.41 Å². The van der Waals surface area contributed by atoms with Crippen LogP contribution < -0.4 is 10.1 Å². The third kappa shape index (κ3) is 3.68. The predicted molar refractivity (Wildman–Crippen MR) is 104 cm³/mol. The summed E-state index contributed by atoms with van der Waals surface area (Å²) in [5.74, 6) is 2.56. The van der Waals surface area contributed by atoms with Gasteiger partial charge in [0, 0.05) is 44.6 Å². The summed E-state index contributed by atoms with van der Waals surface area (Å²) < 4.78 is 11.6. The molecule has 3 aliphatic rings. The van der Waals surface area contributed by atoms with Gasteiger partial charge in [-0.05, 0) is 43.7 Å². The molecule has 2 atom stereocenters. The van der Waals surface area contributed by atoms with Gasteiger partial charge in [0.25, 0.3) is 0 Å². The summed E-state index contributed by atoms with van der Waals surface area (Å²) in [5, 5.41) is 3.65. The fraction of sp³-hybridized carbons (Fsp3) is 0.667. The number of ether oxygens (including phenoxy) is 2. The molecular weight excluding hydrogens is 326 g/mol. The molecule has 0 bridgehead atoms. The zero-order valence-corrected chi connectivity index (χ0v) is 15.9. The van der Waals surface area contributed by atoms with E-state index in [0.29, 0.717) is 11.3 Å². The highest BCUT2D eigenvalue weighted by molar-refractivity contribution is 5.80. The van der Waals surface area contributed by atoms with Crippen molar-refractivity contribution in [1.29, 1.82) is 0 Å². The van der Waals surface area contributed by atoms with Crippen LogP contribution in [0.25, 0.3) is 0 Å². The number of hydrogen-bond acceptors (Lipinski definition) is 3. The van der Waals surface area contributed by atoms with Crippen molar-refractivity contribution in [3.8, 4) is 5.75 Å². The first-order valence-corrected chi connectivity index (χ1v) is 10.0. The van der Waals surface area contributed by atoms with E-state index in [4.69, 9.17) is 9.47 Å². The third-order valence-electron chi connectivity index (χ3n) is 6.17. The lowest BCUT2D eigenvalue weighted by atomic mass is 9.76. The molecule has 1 aromatic rings. The van der Waals surface area contributed by atoms with Gasteiger partial charge in [-0.15, -0.1) is 0 Å². The summed E-state index contributed by atoms with van der Waals surface area (Å²) in [6.07, 6.45) is 6.04. The Hall–Kier alpha value is -1.75. The molecule has 2 unspecified atom stereocenters. The van der Waals surface area contributed by atoms with Crippen LogP contribution >= 0.6 is 0 Å². The molecule has 3 heterocycles. The first kappa shape index (κ1) is 17.7. The van der Waals surface area contributed by atoms with Crippen LogP contribution in [0.5, 0.6) is 5.75 Å². The molecule has 2 fully saturated rings. The number of piperidine rings is 1. The maximum absolute atomic E-state index is 5.82. The molecule has 0 saturated carbocycles. The minimum atomic E-state index is 0.333. The molecule has 3 aliphatic heterocycles. The number of likely N-dealkylation sites (tertiary alicyclic amines) is 1. The SMILES string of the molecule is CN=C(NCC1CCOc2ccccc21)N1CCCC2(CCCOC2)C1. The van der Waals surface area contributed by atoms with Crippen LogP contribution in [-0.4, -0.2) is 57.4 Å². The van der Waals surface area contributed by atoms with Gasteiger partial charge in [0.2, 0.25) is 0 Å². The molecule has 142 valence electrons. The highest BCUT2D eigenvalue weighted by atomic mass is 16.5. The van der Waals surface area contributed by atoms with Gasteiger partial charge < -0.3 is 19.7 Å². The smallest absolute Gasteiger partial charge is 0.193 e. The summed E-state index contributed by atoms with van der Waals surface area (Å²) in [6, 6.07) is 8.42. The van der Waals surface area contributed by atoms with Crippen molar-refractivity contribution in [2.24, 2.45) is 10.4 Å². The maximum atomic E-state index is 5.82. The quantitative estimate of drug-likeness (QED) is 0.653. The monoisotopic (exact) mass is 357 g/mol. The van der Waals surface area contributed by atoms with Crippen LogP contribution in [0.3, 0.4) is 0 Å². The van der Waals surface area contributed by atoms with E-state index in [2.05, 4.69) is 33.4 Å². The standard InChI is InChI=1S/C21H31N3O2/c1-22-20(24-11-4-9-21(15-24)10-5-12-25-16-21)23-14-17-8-13-26-19-7-3-2-6-18(17)19/h2-3,6-7,17H,4-5,8-16H2,1H3,(H,22,23). The number of guanidine groups is 1. The van der Waals surface area contributed by atoms with Gasteiger partial charge >= 0.3 is 0 Å². The van der Waals surface area contributed by atoms with Crippen LogP contribution in [0.2, 0.25) is 0 Å². The summed E-state index contributed by atoms with van der Waals surface area (Å²) in [4.78, 5) is 7.04. The normalized spacial score (nSPS) is 29.2. The third-order valence-corrected chi connectivity index (χ3v) is 6.17. The van der Waals surface area contributed by atoms with Crippen molar-refractivity contribution in [3.05, 3.63) is 29.8 Å². The Bertz CT molecular complexity index is 634. The minimum absolute atomic E-state index is 0.333. The summed E-state index contributed by atoms with van der Waals surface area (Å²) in [7, 11) is 1.90. The van der Waals surface area contributed by atoms with Crippen molar-refractivity contribution < 1.29 is 9.47 Å². The molecule has 0 aliphatic carbocycles. The Balaban J connectivity index is 1.39. The molecule has 4 rings (SSSR count). The fourth-order valence-electron chi connectivity index (χ4n) is 4.80. The summed E-state index contributed by atoms with van der Waals surface area (Å²) in [6.45, 7) is 5.70. The van der Waals surface area contributed by atoms with Crippen LogP contribution in [0.1, 0.15) is 43.6 Å². The molecule has 0 aromatic heterocycles. The molecule has 1 spiro atoms. The Morgan fingerprint density at radius 1 is 1.27 bits per heavy atom. The van der Waals surface area contributed by atoms with Crippen molar-refractivity contribution in [3.63, 3.8) is 0 Å². The second-order valence-electron chi connectivity index (χ2n) is 7.98. The largest absolute Gasteiger partial charge is 0.493 e. The predicted octanol–water partition coefficient (Wildman–Crippen LogP) is 3.02. The van der Waals surface area contributed by atoms with Gasteiger partial charge in [0.15, 0.2) is 5.96 Å². The van der Waals surface area contributed by atoms with E-state index in [-0.39, 0.29) is 0 Å². The van der Waals surface area contributed by atoms with E-state index >= 15 is 0 Å². The first-order valence-electron chi connectivity index (χ1n) is 10.0. The van der Waals surface area contributed by atoms with Crippen molar-refractivity contribution in [1.82, 2.24) is 10.2 Å². The number of fused-ring (bicyclic) bond motifs is 1. The maximum Gasteiger partial charge on any atom is 0.193 e. The fourth-order valence-corrected chi connectivity index (χ4v) is 4.80. The lowest BCUT2D eigenvalue weighted by Crippen LogP contribution is -2.53. The van der Waals surface area contributed by atoms with Gasteiger partial charge in [-0.25, -0.2) is 0 Å². The van der Waals surface area contributed by atoms with E-state index < -0.39 is 0 Å². The number of hydrogen-bond donors (Lipinski definition) is 1. The topological polar surface area (TPSA) is 46.1 Å².